The van der Waals surface area contributed by atoms with Crippen LogP contribution >= 0.6 is 11.3 Å². The summed E-state index contributed by atoms with van der Waals surface area (Å²) in [5.41, 5.74) is 0. The molecule has 0 N–H and O–H groups in total. The van der Waals surface area contributed by atoms with Crippen LogP contribution in [0.15, 0.2) is 22.8 Å². The van der Waals surface area contributed by atoms with Crippen LogP contribution in [0.5, 0.6) is 0 Å². The number of hydrogen-bond donors (Lipinski definition) is 0. The van der Waals surface area contributed by atoms with E-state index in [1.807, 2.05) is 30.4 Å². The van der Waals surface area contributed by atoms with Gasteiger partial charge >= 0.3 is 0 Å². The Balaban J connectivity index is 2.46. The Labute approximate surface area is 85.9 Å². The van der Waals surface area contributed by atoms with Crippen LogP contribution in [0, 0.1) is 0 Å². The molecule has 0 saturated heterocycles. The third-order valence-electron chi connectivity index (χ3n) is 1.65. The zero-order chi connectivity index (χ0) is 9.97. The van der Waals surface area contributed by atoms with E-state index in [-0.39, 0.29) is 0 Å². The number of aliphatic imine (C=N–C) groups is 1. The largest absolute Gasteiger partial charge is 0.369 e. The first-order valence-electron chi connectivity index (χ1n) is 4.16. The van der Waals surface area contributed by atoms with E-state index in [9.17, 15) is 0 Å². The summed E-state index contributed by atoms with van der Waals surface area (Å²) in [5.74, 6) is 0.727. The molecule has 0 atom stereocenters. The van der Waals surface area contributed by atoms with Crippen molar-refractivity contribution in [3.05, 3.63) is 17.8 Å². The van der Waals surface area contributed by atoms with Crippen molar-refractivity contribution in [1.29, 1.82) is 0 Å². The average molecular weight is 206 g/mol. The lowest BCUT2D eigenvalue weighted by molar-refractivity contribution is 0.643. The minimum atomic E-state index is 0.727. The van der Waals surface area contributed by atoms with Gasteiger partial charge in [0.2, 0.25) is 0 Å². The second-order valence-corrected chi connectivity index (χ2v) is 3.94. The van der Waals surface area contributed by atoms with Gasteiger partial charge in [-0.3, -0.25) is 0 Å². The topological polar surface area (TPSA) is 41.4 Å². The van der Waals surface area contributed by atoms with Crippen molar-refractivity contribution < 1.29 is 0 Å². The van der Waals surface area contributed by atoms with Gasteiger partial charge in [-0.15, -0.1) is 11.3 Å². The fourth-order valence-electron chi connectivity index (χ4n) is 1.05. The van der Waals surface area contributed by atoms with Gasteiger partial charge in [0.05, 0.1) is 11.7 Å². The highest BCUT2D eigenvalue weighted by Gasteiger charge is 2.01. The molecule has 4 nitrogen and oxygen atoms in total. The van der Waals surface area contributed by atoms with Gasteiger partial charge in [-0.1, -0.05) is 0 Å². The summed E-state index contributed by atoms with van der Waals surface area (Å²) >= 11 is 1.60. The first-order valence-corrected chi connectivity index (χ1v) is 5.04. The van der Waals surface area contributed by atoms with Crippen molar-refractivity contribution in [3.63, 3.8) is 0 Å². The molecule has 2 rings (SSSR count). The highest BCUT2D eigenvalue weighted by molar-refractivity contribution is 7.16. The maximum Gasteiger partial charge on any atom is 0.165 e. The fraction of sp³-hybridized carbons (Fsp3) is 0.222. The quantitative estimate of drug-likeness (QED) is 0.556. The molecule has 72 valence electrons. The molecule has 0 unspecified atom stereocenters. The first-order chi connectivity index (χ1) is 6.77. The Kier molecular flexibility index (Phi) is 2.41. The number of thiophene rings is 1. The molecule has 0 saturated carbocycles. The van der Waals surface area contributed by atoms with Gasteiger partial charge in [0.1, 0.15) is 11.2 Å². The van der Waals surface area contributed by atoms with Crippen LogP contribution in [-0.4, -0.2) is 35.3 Å². The molecular formula is C9H10N4S. The smallest absolute Gasteiger partial charge is 0.165 e. The van der Waals surface area contributed by atoms with Gasteiger partial charge in [0.15, 0.2) is 5.82 Å². The second kappa shape index (κ2) is 3.71. The van der Waals surface area contributed by atoms with Gasteiger partial charge in [0.25, 0.3) is 0 Å². The summed E-state index contributed by atoms with van der Waals surface area (Å²) in [6.07, 6.45) is 3.28. The zero-order valence-corrected chi connectivity index (χ0v) is 8.82. The third-order valence-corrected chi connectivity index (χ3v) is 2.47. The van der Waals surface area contributed by atoms with Crippen LogP contribution in [0.25, 0.3) is 10.2 Å². The molecule has 2 heterocycles. The van der Waals surface area contributed by atoms with Gasteiger partial charge in [-0.05, 0) is 11.4 Å². The fourth-order valence-corrected chi connectivity index (χ4v) is 1.78. The molecule has 5 heteroatoms. The molecule has 0 aliphatic carbocycles. The van der Waals surface area contributed by atoms with E-state index in [4.69, 9.17) is 0 Å². The molecule has 0 aliphatic heterocycles. The third kappa shape index (κ3) is 1.72. The maximum atomic E-state index is 4.26. The summed E-state index contributed by atoms with van der Waals surface area (Å²) in [6, 6.07) is 1.99. The normalized spacial score (nSPS) is 11.3. The lowest BCUT2D eigenvalue weighted by Gasteiger charge is -2.01. The van der Waals surface area contributed by atoms with Crippen LogP contribution in [0.2, 0.25) is 0 Å². The van der Waals surface area contributed by atoms with Crippen molar-refractivity contribution in [1.82, 2.24) is 14.9 Å². The van der Waals surface area contributed by atoms with Crippen LogP contribution in [0.1, 0.15) is 0 Å². The van der Waals surface area contributed by atoms with E-state index in [1.54, 1.807) is 24.0 Å². The molecule has 0 bridgehead atoms. The van der Waals surface area contributed by atoms with Gasteiger partial charge in [0, 0.05) is 14.1 Å². The van der Waals surface area contributed by atoms with Gasteiger partial charge in [-0.25, -0.2) is 15.0 Å². The number of hydrogen-bond acceptors (Lipinski definition) is 4. The van der Waals surface area contributed by atoms with Crippen molar-refractivity contribution in [2.45, 2.75) is 0 Å². The average Bonchev–Trinajstić information content (AvgIpc) is 2.62. The lowest BCUT2D eigenvalue weighted by atomic mass is 10.4. The van der Waals surface area contributed by atoms with Crippen molar-refractivity contribution in [3.8, 4) is 0 Å². The molecule has 0 aliphatic rings. The Morgan fingerprint density at radius 1 is 1.43 bits per heavy atom. The Hall–Kier alpha value is -1.49. The predicted molar refractivity (Wildman–Crippen MR) is 59.3 cm³/mol. The van der Waals surface area contributed by atoms with Crippen molar-refractivity contribution >= 4 is 33.7 Å². The second-order valence-electron chi connectivity index (χ2n) is 3.04. The zero-order valence-electron chi connectivity index (χ0n) is 8.01. The van der Waals surface area contributed by atoms with Crippen LogP contribution in [0.3, 0.4) is 0 Å². The van der Waals surface area contributed by atoms with E-state index in [2.05, 4.69) is 15.0 Å². The summed E-state index contributed by atoms with van der Waals surface area (Å²) in [5, 5.41) is 3.00. The molecule has 0 spiro atoms. The van der Waals surface area contributed by atoms with Gasteiger partial charge < -0.3 is 4.90 Å². The standard InChI is InChI=1S/C9H10N4S/c1-13(2)6-12-8-7-3-4-14-9(7)11-5-10-8/h3-6H,1-2H3/b12-6+. The number of rotatable bonds is 2. The van der Waals surface area contributed by atoms with E-state index in [0.717, 1.165) is 16.0 Å². The van der Waals surface area contributed by atoms with Crippen LogP contribution < -0.4 is 0 Å². The highest BCUT2D eigenvalue weighted by Crippen LogP contribution is 2.25. The molecule has 0 aromatic carbocycles. The van der Waals surface area contributed by atoms with Crippen LogP contribution in [0.4, 0.5) is 5.82 Å². The van der Waals surface area contributed by atoms with Crippen molar-refractivity contribution in [2.75, 3.05) is 14.1 Å². The molecule has 14 heavy (non-hydrogen) atoms. The van der Waals surface area contributed by atoms with E-state index < -0.39 is 0 Å². The monoisotopic (exact) mass is 206 g/mol. The molecule has 2 aromatic rings. The maximum absolute atomic E-state index is 4.26. The summed E-state index contributed by atoms with van der Waals surface area (Å²) in [7, 11) is 3.85. The van der Waals surface area contributed by atoms with Crippen molar-refractivity contribution in [2.24, 2.45) is 4.99 Å². The summed E-state index contributed by atoms with van der Waals surface area (Å²) < 4.78 is 0. The predicted octanol–water partition coefficient (Wildman–Crippen LogP) is 1.91. The Morgan fingerprint density at radius 3 is 3.07 bits per heavy atom. The summed E-state index contributed by atoms with van der Waals surface area (Å²) in [4.78, 5) is 15.4. The van der Waals surface area contributed by atoms with E-state index in [1.165, 1.54) is 0 Å². The summed E-state index contributed by atoms with van der Waals surface area (Å²) in [6.45, 7) is 0. The minimum absolute atomic E-state index is 0.727. The molecule has 0 amide bonds. The van der Waals surface area contributed by atoms with E-state index >= 15 is 0 Å². The molecule has 0 fully saturated rings. The van der Waals surface area contributed by atoms with Gasteiger partial charge in [-0.2, -0.15) is 0 Å². The number of fused-ring (bicyclic) bond motifs is 1. The lowest BCUT2D eigenvalue weighted by Crippen LogP contribution is -2.07. The molecule has 2 aromatic heterocycles. The first kappa shape index (κ1) is 9.08. The molecular weight excluding hydrogens is 196 g/mol. The SMILES string of the molecule is CN(C)/C=N/c1ncnc2sccc12. The van der Waals surface area contributed by atoms with E-state index in [0.29, 0.717) is 0 Å². The minimum Gasteiger partial charge on any atom is -0.369 e. The van der Waals surface area contributed by atoms with Crippen LogP contribution in [-0.2, 0) is 0 Å². The Bertz CT molecular complexity index is 461. The number of aromatic nitrogens is 2. The number of nitrogens with zero attached hydrogens (tertiary/aromatic N) is 4. The molecule has 0 radical (unpaired) electrons. The highest BCUT2D eigenvalue weighted by atomic mass is 32.1. The Morgan fingerprint density at radius 2 is 2.29 bits per heavy atom.